The highest BCUT2D eigenvalue weighted by Crippen LogP contribution is 2.34. The van der Waals surface area contributed by atoms with Gasteiger partial charge < -0.3 is 9.15 Å². The summed E-state index contributed by atoms with van der Waals surface area (Å²) in [6.45, 7) is 4.48. The number of hydrogen-bond donors (Lipinski definition) is 0. The first-order valence-electron chi connectivity index (χ1n) is 9.77. The summed E-state index contributed by atoms with van der Waals surface area (Å²) in [4.78, 5) is 27.6. The Labute approximate surface area is 189 Å². The van der Waals surface area contributed by atoms with Crippen LogP contribution in [0.25, 0.3) is 6.08 Å². The minimum Gasteiger partial charge on any atom is -0.492 e. The van der Waals surface area contributed by atoms with Gasteiger partial charge in [-0.1, -0.05) is 47.2 Å². The maximum Gasteiger partial charge on any atom is 0.293 e. The van der Waals surface area contributed by atoms with Crippen molar-refractivity contribution >= 4 is 40.7 Å². The van der Waals surface area contributed by atoms with Crippen LogP contribution in [0.1, 0.15) is 16.9 Å². The maximum absolute atomic E-state index is 12.7. The van der Waals surface area contributed by atoms with Crippen LogP contribution < -0.4 is 4.74 Å². The zero-order valence-electron chi connectivity index (χ0n) is 17.2. The molecule has 0 bridgehead atoms. The number of thioether (sulfide) groups is 1. The van der Waals surface area contributed by atoms with Crippen LogP contribution >= 0.6 is 23.5 Å². The molecule has 1 saturated heterocycles. The molecule has 0 radical (unpaired) electrons. The molecule has 4 rings (SSSR count). The lowest BCUT2D eigenvalue weighted by Crippen LogP contribution is -2.32. The Hall–Kier alpha value is -2.90. The highest BCUT2D eigenvalue weighted by molar-refractivity contribution is 8.18. The average molecular weight is 452 g/mol. The summed E-state index contributed by atoms with van der Waals surface area (Å²) in [5.74, 6) is 0.921. The van der Waals surface area contributed by atoms with Crippen LogP contribution in [0, 0.1) is 13.8 Å². The van der Waals surface area contributed by atoms with Gasteiger partial charge in [0.2, 0.25) is 0 Å². The molecule has 0 atom stereocenters. The van der Waals surface area contributed by atoms with E-state index >= 15 is 0 Å². The van der Waals surface area contributed by atoms with Gasteiger partial charge in [-0.3, -0.25) is 14.5 Å². The molecule has 0 N–H and O–H groups in total. The third kappa shape index (κ3) is 5.42. The molecule has 0 spiro atoms. The Balaban J connectivity index is 1.36. The van der Waals surface area contributed by atoms with E-state index in [9.17, 15) is 9.59 Å². The molecule has 1 aromatic heterocycles. The lowest BCUT2D eigenvalue weighted by Gasteiger charge is -2.13. The van der Waals surface area contributed by atoms with Crippen molar-refractivity contribution in [3.8, 4) is 5.75 Å². The number of aryl methyl sites for hydroxylation is 2. The highest BCUT2D eigenvalue weighted by atomic mass is 32.2. The Bertz CT molecular complexity index is 1120. The van der Waals surface area contributed by atoms with Gasteiger partial charge >= 0.3 is 0 Å². The molecule has 3 aromatic rings. The summed E-state index contributed by atoms with van der Waals surface area (Å²) in [6, 6.07) is 19.5. The molecule has 0 saturated carbocycles. The number of furan rings is 1. The van der Waals surface area contributed by atoms with Crippen molar-refractivity contribution in [1.82, 2.24) is 4.90 Å². The van der Waals surface area contributed by atoms with E-state index in [1.54, 1.807) is 12.1 Å². The van der Waals surface area contributed by atoms with E-state index in [-0.39, 0.29) is 24.3 Å². The Morgan fingerprint density at radius 3 is 2.35 bits per heavy atom. The largest absolute Gasteiger partial charge is 0.492 e. The highest BCUT2D eigenvalue weighted by Gasteiger charge is 2.35. The molecular weight excluding hydrogens is 430 g/mol. The number of amides is 2. The first-order chi connectivity index (χ1) is 15.0. The van der Waals surface area contributed by atoms with Crippen LogP contribution in [-0.2, 0) is 4.79 Å². The SMILES string of the molecule is Cc1ccc(OCCN2C(=O)S/C(=C\c3ccc(Sc4ccc(C)cc4)o3)C2=O)cc1. The fraction of sp³-hybridized carbons (Fsp3) is 0.167. The molecule has 5 nitrogen and oxygen atoms in total. The molecule has 1 aliphatic rings. The molecule has 1 aliphatic heterocycles. The molecule has 2 amide bonds. The minimum absolute atomic E-state index is 0.197. The zero-order chi connectivity index (χ0) is 21.8. The van der Waals surface area contributed by atoms with E-state index in [0.717, 1.165) is 27.3 Å². The first-order valence-corrected chi connectivity index (χ1v) is 11.4. The number of imide groups is 1. The molecule has 0 unspecified atom stereocenters. The van der Waals surface area contributed by atoms with Gasteiger partial charge in [0.1, 0.15) is 18.1 Å². The average Bonchev–Trinajstić information content (AvgIpc) is 3.30. The maximum atomic E-state index is 12.7. The van der Waals surface area contributed by atoms with Crippen molar-refractivity contribution in [3.63, 3.8) is 0 Å². The number of nitrogens with zero attached hydrogens (tertiary/aromatic N) is 1. The van der Waals surface area contributed by atoms with Gasteiger partial charge in [0, 0.05) is 11.0 Å². The minimum atomic E-state index is -0.327. The third-order valence-electron chi connectivity index (χ3n) is 4.59. The van der Waals surface area contributed by atoms with E-state index in [1.807, 2.05) is 68.4 Å². The zero-order valence-corrected chi connectivity index (χ0v) is 18.8. The van der Waals surface area contributed by atoms with Crippen molar-refractivity contribution in [2.75, 3.05) is 13.2 Å². The van der Waals surface area contributed by atoms with Crippen LogP contribution in [0.4, 0.5) is 4.79 Å². The van der Waals surface area contributed by atoms with Crippen LogP contribution in [0.15, 0.2) is 80.0 Å². The van der Waals surface area contributed by atoms with Crippen molar-refractivity contribution in [3.05, 3.63) is 82.5 Å². The normalized spacial score (nSPS) is 15.2. The molecule has 2 aromatic carbocycles. The van der Waals surface area contributed by atoms with E-state index < -0.39 is 0 Å². The number of rotatable bonds is 7. The fourth-order valence-corrected chi connectivity index (χ4v) is 4.52. The standard InChI is InChI=1S/C24H21NO4S2/c1-16-3-7-18(8-4-16)28-14-13-25-23(26)21(31-24(25)27)15-19-9-12-22(29-19)30-20-10-5-17(2)6-11-20/h3-12,15H,13-14H2,1-2H3/b21-15-. The van der Waals surface area contributed by atoms with E-state index in [4.69, 9.17) is 9.15 Å². The quantitative estimate of drug-likeness (QED) is 0.401. The van der Waals surface area contributed by atoms with Gasteiger partial charge in [-0.2, -0.15) is 0 Å². The molecule has 158 valence electrons. The van der Waals surface area contributed by atoms with E-state index in [0.29, 0.717) is 16.4 Å². The Morgan fingerprint density at radius 1 is 0.968 bits per heavy atom. The van der Waals surface area contributed by atoms with Crippen LogP contribution in [-0.4, -0.2) is 29.2 Å². The second-order valence-corrected chi connectivity index (χ2v) is 9.14. The predicted octanol–water partition coefficient (Wildman–Crippen LogP) is 6.16. The van der Waals surface area contributed by atoms with Gasteiger partial charge in [-0.25, -0.2) is 0 Å². The molecule has 0 aliphatic carbocycles. The summed E-state index contributed by atoms with van der Waals surface area (Å²) in [6.07, 6.45) is 1.62. The number of hydrogen-bond acceptors (Lipinski definition) is 6. The van der Waals surface area contributed by atoms with Gasteiger partial charge in [-0.05, 0) is 62.0 Å². The van der Waals surface area contributed by atoms with Gasteiger partial charge in [0.25, 0.3) is 11.1 Å². The Kier molecular flexibility index (Phi) is 6.53. The molecule has 2 heterocycles. The molecule has 1 fully saturated rings. The predicted molar refractivity (Wildman–Crippen MR) is 123 cm³/mol. The third-order valence-corrected chi connectivity index (χ3v) is 6.43. The number of benzene rings is 2. The molecule has 31 heavy (non-hydrogen) atoms. The summed E-state index contributed by atoms with van der Waals surface area (Å²) in [5.41, 5.74) is 2.34. The van der Waals surface area contributed by atoms with Crippen molar-refractivity contribution in [2.45, 2.75) is 23.8 Å². The second-order valence-electron chi connectivity index (χ2n) is 7.07. The second kappa shape index (κ2) is 9.49. The van der Waals surface area contributed by atoms with Crippen molar-refractivity contribution in [2.24, 2.45) is 0 Å². The van der Waals surface area contributed by atoms with E-state index in [1.165, 1.54) is 22.2 Å². The fourth-order valence-electron chi connectivity index (χ4n) is 2.90. The summed E-state index contributed by atoms with van der Waals surface area (Å²) in [5, 5.41) is 0.422. The van der Waals surface area contributed by atoms with Crippen LogP contribution in [0.5, 0.6) is 5.75 Å². The topological polar surface area (TPSA) is 59.8 Å². The number of carbonyl (C=O) groups excluding carboxylic acids is 2. The summed E-state index contributed by atoms with van der Waals surface area (Å²) >= 11 is 2.42. The number of ether oxygens (including phenoxy) is 1. The molecular formula is C24H21NO4S2. The van der Waals surface area contributed by atoms with Gasteiger partial charge in [-0.15, -0.1) is 0 Å². The lowest BCUT2D eigenvalue weighted by molar-refractivity contribution is -0.123. The number of carbonyl (C=O) groups is 2. The van der Waals surface area contributed by atoms with E-state index in [2.05, 4.69) is 0 Å². The molecule has 7 heteroatoms. The lowest BCUT2D eigenvalue weighted by atomic mass is 10.2. The van der Waals surface area contributed by atoms with Crippen LogP contribution in [0.2, 0.25) is 0 Å². The Morgan fingerprint density at radius 2 is 1.65 bits per heavy atom. The first kappa shape index (κ1) is 21.3. The summed E-state index contributed by atoms with van der Waals surface area (Å²) in [7, 11) is 0. The monoisotopic (exact) mass is 451 g/mol. The van der Waals surface area contributed by atoms with Gasteiger partial charge in [0.15, 0.2) is 5.09 Å². The smallest absolute Gasteiger partial charge is 0.293 e. The van der Waals surface area contributed by atoms with Crippen molar-refractivity contribution < 1.29 is 18.7 Å². The van der Waals surface area contributed by atoms with Gasteiger partial charge in [0.05, 0.1) is 11.4 Å². The van der Waals surface area contributed by atoms with Crippen LogP contribution in [0.3, 0.4) is 0 Å². The summed E-state index contributed by atoms with van der Waals surface area (Å²) < 4.78 is 11.5. The van der Waals surface area contributed by atoms with Crippen molar-refractivity contribution in [1.29, 1.82) is 0 Å².